The van der Waals surface area contributed by atoms with E-state index < -0.39 is 5.79 Å². The second-order valence-corrected chi connectivity index (χ2v) is 9.31. The Morgan fingerprint density at radius 1 is 0.714 bits per heavy atom. The van der Waals surface area contributed by atoms with Gasteiger partial charge in [0.2, 0.25) is 0 Å². The molecule has 0 saturated carbocycles. The molecule has 1 unspecified atom stereocenters. The summed E-state index contributed by atoms with van der Waals surface area (Å²) in [7, 11) is 0. The van der Waals surface area contributed by atoms with Gasteiger partial charge in [-0.25, -0.2) is 0 Å². The molecule has 28 heavy (non-hydrogen) atoms. The quantitative estimate of drug-likeness (QED) is 0.204. The Bertz CT molecular complexity index is 367. The van der Waals surface area contributed by atoms with Crippen molar-refractivity contribution in [2.45, 2.75) is 118 Å². The molecule has 4 nitrogen and oxygen atoms in total. The first kappa shape index (κ1) is 27.8. The highest BCUT2D eigenvalue weighted by molar-refractivity contribution is 4.93. The molecular weight excluding hydrogens is 350 g/mol. The third kappa shape index (κ3) is 9.56. The number of aliphatic hydroxyl groups excluding tert-OH is 1. The van der Waals surface area contributed by atoms with Crippen LogP contribution in [0.25, 0.3) is 0 Å². The first-order valence-corrected chi connectivity index (χ1v) is 11.8. The fourth-order valence-corrected chi connectivity index (χ4v) is 4.30. The summed E-state index contributed by atoms with van der Waals surface area (Å²) in [6, 6.07) is 0. The maximum absolute atomic E-state index is 9.60. The zero-order chi connectivity index (χ0) is 21.5. The van der Waals surface area contributed by atoms with Crippen LogP contribution >= 0.6 is 0 Å². The molecule has 0 amide bonds. The van der Waals surface area contributed by atoms with Crippen molar-refractivity contribution in [3.63, 3.8) is 0 Å². The molecule has 0 aliphatic carbocycles. The van der Waals surface area contributed by atoms with E-state index in [0.717, 1.165) is 32.1 Å². The summed E-state index contributed by atoms with van der Waals surface area (Å²) < 4.78 is 12.6. The van der Waals surface area contributed by atoms with E-state index in [0.29, 0.717) is 19.8 Å². The molecule has 0 radical (unpaired) electrons. The minimum absolute atomic E-state index is 0.0983. The van der Waals surface area contributed by atoms with E-state index >= 15 is 0 Å². The number of hydrogen-bond donors (Lipinski definition) is 2. The van der Waals surface area contributed by atoms with Crippen LogP contribution in [0, 0.1) is 10.8 Å². The molecule has 170 valence electrons. The Morgan fingerprint density at radius 2 is 1.25 bits per heavy atom. The highest BCUT2D eigenvalue weighted by Crippen LogP contribution is 2.49. The highest BCUT2D eigenvalue weighted by atomic mass is 16.7. The Morgan fingerprint density at radius 3 is 1.75 bits per heavy atom. The van der Waals surface area contributed by atoms with Crippen molar-refractivity contribution in [3.05, 3.63) is 0 Å². The van der Waals surface area contributed by atoms with Crippen LogP contribution in [-0.4, -0.2) is 37.3 Å². The number of nitrogens with two attached hydrogens (primary N) is 1. The lowest BCUT2D eigenvalue weighted by molar-refractivity contribution is -0.294. The lowest BCUT2D eigenvalue weighted by Gasteiger charge is -2.49. The number of rotatable bonds is 19. The molecule has 0 fully saturated rings. The maximum Gasteiger partial charge on any atom is 0.170 e. The van der Waals surface area contributed by atoms with Gasteiger partial charge in [0.15, 0.2) is 5.79 Å². The van der Waals surface area contributed by atoms with Crippen LogP contribution in [0.2, 0.25) is 0 Å². The normalized spacial score (nSPS) is 15.0. The molecular formula is C24H51NO3. The zero-order valence-electron chi connectivity index (χ0n) is 19.9. The van der Waals surface area contributed by atoms with Crippen LogP contribution in [-0.2, 0) is 9.47 Å². The van der Waals surface area contributed by atoms with Crippen molar-refractivity contribution >= 4 is 0 Å². The number of ether oxygens (including phenoxy) is 2. The van der Waals surface area contributed by atoms with Gasteiger partial charge >= 0.3 is 0 Å². The van der Waals surface area contributed by atoms with E-state index in [1.54, 1.807) is 0 Å². The average molecular weight is 402 g/mol. The monoisotopic (exact) mass is 401 g/mol. The molecule has 0 aliphatic rings. The zero-order valence-corrected chi connectivity index (χ0v) is 19.9. The predicted molar refractivity (Wildman–Crippen MR) is 120 cm³/mol. The van der Waals surface area contributed by atoms with Crippen LogP contribution < -0.4 is 5.73 Å². The van der Waals surface area contributed by atoms with Crippen LogP contribution in [0.4, 0.5) is 0 Å². The largest absolute Gasteiger partial charge is 0.396 e. The van der Waals surface area contributed by atoms with E-state index in [2.05, 4.69) is 27.7 Å². The van der Waals surface area contributed by atoms with Gasteiger partial charge in [-0.05, 0) is 64.8 Å². The standard InChI is InChI=1S/C24H51NO3/c1-7-10-11-12-13-14-16-24(17-15-20-26,19-18-22(4,5)21-25)23(6,27-8-2)28-9-3/h26H,7-21,25H2,1-6H3. The fourth-order valence-electron chi connectivity index (χ4n) is 4.30. The topological polar surface area (TPSA) is 64.7 Å². The van der Waals surface area contributed by atoms with Crippen LogP contribution in [0.5, 0.6) is 0 Å². The number of hydrogen-bond acceptors (Lipinski definition) is 4. The molecule has 4 heteroatoms. The minimum atomic E-state index is -0.625. The first-order valence-electron chi connectivity index (χ1n) is 11.8. The van der Waals surface area contributed by atoms with E-state index in [4.69, 9.17) is 15.2 Å². The minimum Gasteiger partial charge on any atom is -0.396 e. The molecule has 0 rings (SSSR count). The van der Waals surface area contributed by atoms with Gasteiger partial charge in [0.05, 0.1) is 0 Å². The van der Waals surface area contributed by atoms with Gasteiger partial charge in [-0.1, -0.05) is 59.3 Å². The van der Waals surface area contributed by atoms with Crippen molar-refractivity contribution in [1.82, 2.24) is 0 Å². The summed E-state index contributed by atoms with van der Waals surface area (Å²) in [5, 5.41) is 9.60. The second-order valence-electron chi connectivity index (χ2n) is 9.31. The van der Waals surface area contributed by atoms with Crippen LogP contribution in [0.1, 0.15) is 112 Å². The van der Waals surface area contributed by atoms with E-state index in [1.165, 1.54) is 38.5 Å². The lowest BCUT2D eigenvalue weighted by atomic mass is 9.66. The summed E-state index contributed by atoms with van der Waals surface area (Å²) in [4.78, 5) is 0. The van der Waals surface area contributed by atoms with Crippen molar-refractivity contribution < 1.29 is 14.6 Å². The molecule has 1 atom stereocenters. The summed E-state index contributed by atoms with van der Waals surface area (Å²) in [6.45, 7) is 15.1. The molecule has 0 spiro atoms. The first-order chi connectivity index (χ1) is 13.3. The van der Waals surface area contributed by atoms with Gasteiger partial charge in [0.25, 0.3) is 0 Å². The fraction of sp³-hybridized carbons (Fsp3) is 1.00. The molecule has 3 N–H and O–H groups in total. The molecule has 0 aromatic carbocycles. The summed E-state index contributed by atoms with van der Waals surface area (Å²) in [5.41, 5.74) is 6.03. The van der Waals surface area contributed by atoms with Gasteiger partial charge in [-0.2, -0.15) is 0 Å². The van der Waals surface area contributed by atoms with Gasteiger partial charge in [0.1, 0.15) is 0 Å². The smallest absolute Gasteiger partial charge is 0.170 e. The van der Waals surface area contributed by atoms with Gasteiger partial charge in [0, 0.05) is 25.2 Å². The van der Waals surface area contributed by atoms with E-state index in [-0.39, 0.29) is 17.4 Å². The second kappa shape index (κ2) is 14.8. The van der Waals surface area contributed by atoms with Crippen molar-refractivity contribution in [1.29, 1.82) is 0 Å². The third-order valence-electron chi connectivity index (χ3n) is 6.46. The third-order valence-corrected chi connectivity index (χ3v) is 6.46. The lowest BCUT2D eigenvalue weighted by Crippen LogP contribution is -2.51. The average Bonchev–Trinajstić information content (AvgIpc) is 2.66. The van der Waals surface area contributed by atoms with Crippen LogP contribution in [0.15, 0.2) is 0 Å². The molecule has 0 aromatic heterocycles. The van der Waals surface area contributed by atoms with Gasteiger partial charge in [-0.15, -0.1) is 0 Å². The maximum atomic E-state index is 9.60. The van der Waals surface area contributed by atoms with E-state index in [1.807, 2.05) is 13.8 Å². The number of unbranched alkanes of at least 4 members (excludes halogenated alkanes) is 5. The molecule has 0 bridgehead atoms. The van der Waals surface area contributed by atoms with Crippen molar-refractivity contribution in [2.24, 2.45) is 16.6 Å². The molecule has 0 heterocycles. The summed E-state index contributed by atoms with van der Waals surface area (Å²) in [5.74, 6) is -0.625. The predicted octanol–water partition coefficient (Wildman–Crippen LogP) is 6.05. The molecule has 0 aliphatic heterocycles. The Balaban J connectivity index is 5.51. The highest BCUT2D eigenvalue weighted by Gasteiger charge is 2.49. The summed E-state index contributed by atoms with van der Waals surface area (Å²) >= 11 is 0. The summed E-state index contributed by atoms with van der Waals surface area (Å²) in [6.07, 6.45) is 12.5. The van der Waals surface area contributed by atoms with Crippen molar-refractivity contribution in [3.8, 4) is 0 Å². The molecule has 0 aromatic rings. The Hall–Kier alpha value is -0.160. The Labute approximate surface area is 175 Å². The molecule has 0 saturated heterocycles. The van der Waals surface area contributed by atoms with E-state index in [9.17, 15) is 5.11 Å². The Kier molecular flexibility index (Phi) is 14.7. The van der Waals surface area contributed by atoms with Crippen LogP contribution in [0.3, 0.4) is 0 Å². The van der Waals surface area contributed by atoms with Crippen molar-refractivity contribution in [2.75, 3.05) is 26.4 Å². The van der Waals surface area contributed by atoms with Gasteiger partial charge in [-0.3, -0.25) is 0 Å². The number of aliphatic hydroxyl groups is 1. The van der Waals surface area contributed by atoms with Gasteiger partial charge < -0.3 is 20.3 Å². The SMILES string of the molecule is CCCCCCCCC(CCCO)(CCC(C)(C)CN)C(C)(OCC)OCC.